The first-order chi connectivity index (χ1) is 20.5. The van der Waals surface area contributed by atoms with Crippen molar-refractivity contribution in [2.75, 3.05) is 0 Å². The number of amides is 1. The highest BCUT2D eigenvalue weighted by Gasteiger charge is 2.76. The summed E-state index contributed by atoms with van der Waals surface area (Å²) in [4.78, 5) is 27.5. The van der Waals surface area contributed by atoms with Gasteiger partial charge in [-0.2, -0.15) is 0 Å². The van der Waals surface area contributed by atoms with E-state index in [1.807, 2.05) is 58.9 Å². The van der Waals surface area contributed by atoms with Gasteiger partial charge in [0.15, 0.2) is 5.88 Å². The van der Waals surface area contributed by atoms with Crippen LogP contribution in [0.25, 0.3) is 0 Å². The zero-order valence-electron chi connectivity index (χ0n) is 27.6. The van der Waals surface area contributed by atoms with Crippen molar-refractivity contribution in [2.45, 2.75) is 93.6 Å². The van der Waals surface area contributed by atoms with E-state index in [0.717, 1.165) is 22.3 Å². The molecule has 3 unspecified atom stereocenters. The fraction of sp³-hybridized carbons (Fsp3) is 0.457. The molecular weight excluding hydrogens is 564 g/mol. The lowest BCUT2D eigenvalue weighted by molar-refractivity contribution is -0.141. The van der Waals surface area contributed by atoms with Gasteiger partial charge in [-0.1, -0.05) is 70.0 Å². The van der Waals surface area contributed by atoms with Crippen molar-refractivity contribution in [1.82, 2.24) is 5.32 Å². The largest absolute Gasteiger partial charge is 0.481 e. The second-order valence-electron chi connectivity index (χ2n) is 11.0. The van der Waals surface area contributed by atoms with Crippen LogP contribution in [-0.4, -0.2) is 28.6 Å². The summed E-state index contributed by atoms with van der Waals surface area (Å²) in [7, 11) is 0. The van der Waals surface area contributed by atoms with Gasteiger partial charge in [-0.05, 0) is 88.5 Å². The number of nitrogens with two attached hydrogens (primary N) is 1. The van der Waals surface area contributed by atoms with Crippen molar-refractivity contribution < 1.29 is 28.2 Å². The Morgan fingerprint density at radius 2 is 1.70 bits per heavy atom. The topological polar surface area (TPSA) is 114 Å². The van der Waals surface area contributed by atoms with E-state index in [4.69, 9.17) is 15.6 Å². The molecule has 7 nitrogen and oxygen atoms in total. The molecule has 242 valence electrons. The summed E-state index contributed by atoms with van der Waals surface area (Å²) >= 11 is 0. The van der Waals surface area contributed by atoms with Gasteiger partial charge in [0.2, 0.25) is 0 Å². The van der Waals surface area contributed by atoms with E-state index in [0.29, 0.717) is 29.3 Å². The van der Waals surface area contributed by atoms with Crippen molar-refractivity contribution in [1.29, 1.82) is 0 Å². The number of ether oxygens (including phenoxy) is 1. The number of alkyl halides is 2. The van der Waals surface area contributed by atoms with Crippen LogP contribution in [0.1, 0.15) is 91.9 Å². The third-order valence-electron chi connectivity index (χ3n) is 7.29. The number of nitrogens with one attached hydrogen (secondary N) is 1. The van der Waals surface area contributed by atoms with E-state index in [9.17, 15) is 18.4 Å². The minimum Gasteiger partial charge on any atom is -0.481 e. The Morgan fingerprint density at radius 3 is 2.18 bits per heavy atom. The lowest BCUT2D eigenvalue weighted by Gasteiger charge is -2.22. The average Bonchev–Trinajstić information content (AvgIpc) is 3.55. The number of carboxylic acids is 1. The summed E-state index contributed by atoms with van der Waals surface area (Å²) < 4.78 is 33.8. The van der Waals surface area contributed by atoms with Crippen LogP contribution in [-0.2, 0) is 14.3 Å². The summed E-state index contributed by atoms with van der Waals surface area (Å²) in [6.07, 6.45) is 8.05. The minimum absolute atomic E-state index is 0.175. The number of carboxylic acid groups (broad SMARTS) is 1. The predicted molar refractivity (Wildman–Crippen MR) is 174 cm³/mol. The molecule has 1 aromatic rings. The molecular formula is C35H49F2N3O4. The predicted octanol–water partition coefficient (Wildman–Crippen LogP) is 8.31. The molecule has 0 radical (unpaired) electrons. The number of carbonyl (C=O) groups excluding carboxylic acids is 1. The van der Waals surface area contributed by atoms with E-state index in [-0.39, 0.29) is 11.8 Å². The molecule has 1 aromatic carbocycles. The number of carbonyl (C=O) groups is 2. The van der Waals surface area contributed by atoms with E-state index < -0.39 is 29.6 Å². The molecule has 0 spiro atoms. The highest BCUT2D eigenvalue weighted by Crippen LogP contribution is 2.56. The van der Waals surface area contributed by atoms with E-state index in [1.54, 1.807) is 32.1 Å². The summed E-state index contributed by atoms with van der Waals surface area (Å²) in [5.41, 5.74) is 11.6. The van der Waals surface area contributed by atoms with E-state index in [1.165, 1.54) is 12.8 Å². The Kier molecular flexibility index (Phi) is 15.0. The van der Waals surface area contributed by atoms with Crippen LogP contribution < -0.4 is 11.1 Å². The summed E-state index contributed by atoms with van der Waals surface area (Å²) in [6, 6.07) is 7.90. The quantitative estimate of drug-likeness (QED) is 0.117. The standard InChI is InChI=1S/C31H39F2N3O4.C4H10/c1-9-12-19(4)25(36-29(37)26-27(30(38)39)31(26,32)33)16-15-17(2)20(5)28(21(6)34)35-23(8)40-22(7)24-14-11-10-13-18(24)3;1-3-4-2/h10-16,22,26-27,35H,8-9,34H2,1-7H3,(H,38,39);3-4H2,1-2H3/b16-15-,19-12+,20-17-,28-21+,36-25?;. The number of halogens is 2. The Bertz CT molecular complexity index is 1350. The zero-order valence-corrected chi connectivity index (χ0v) is 27.6. The van der Waals surface area contributed by atoms with Crippen molar-refractivity contribution in [3.63, 3.8) is 0 Å². The van der Waals surface area contributed by atoms with Gasteiger partial charge in [-0.25, -0.2) is 13.8 Å². The van der Waals surface area contributed by atoms with Gasteiger partial charge in [0.25, 0.3) is 11.8 Å². The van der Waals surface area contributed by atoms with Gasteiger partial charge in [-0.3, -0.25) is 9.59 Å². The number of nitrogens with zero attached hydrogens (tertiary/aromatic N) is 1. The number of aliphatic carboxylic acids is 1. The van der Waals surface area contributed by atoms with Crippen LogP contribution >= 0.6 is 0 Å². The van der Waals surface area contributed by atoms with Crippen LogP contribution in [0.2, 0.25) is 0 Å². The fourth-order valence-electron chi connectivity index (χ4n) is 4.30. The molecule has 0 saturated heterocycles. The Hall–Kier alpha value is -4.01. The molecule has 0 heterocycles. The highest BCUT2D eigenvalue weighted by molar-refractivity contribution is 6.14. The van der Waals surface area contributed by atoms with Gasteiger partial charge in [0.1, 0.15) is 17.9 Å². The highest BCUT2D eigenvalue weighted by atomic mass is 19.3. The monoisotopic (exact) mass is 613 g/mol. The second kappa shape index (κ2) is 17.3. The van der Waals surface area contributed by atoms with Crippen LogP contribution in [0.5, 0.6) is 0 Å². The number of hydrogen-bond donors (Lipinski definition) is 3. The molecule has 1 fully saturated rings. The van der Waals surface area contributed by atoms with Crippen LogP contribution in [0.3, 0.4) is 0 Å². The second-order valence-corrected chi connectivity index (χ2v) is 11.0. The number of aryl methyl sites for hydroxylation is 1. The smallest absolute Gasteiger partial charge is 0.313 e. The number of hydrogen-bond acceptors (Lipinski definition) is 5. The summed E-state index contributed by atoms with van der Waals surface area (Å²) in [6.45, 7) is 21.3. The Morgan fingerprint density at radius 1 is 1.11 bits per heavy atom. The average molecular weight is 614 g/mol. The van der Waals surface area contributed by atoms with Gasteiger partial charge in [-0.15, -0.1) is 0 Å². The lowest BCUT2D eigenvalue weighted by Crippen LogP contribution is -2.20. The van der Waals surface area contributed by atoms with Crippen molar-refractivity contribution in [3.8, 4) is 0 Å². The summed E-state index contributed by atoms with van der Waals surface area (Å²) in [5, 5.41) is 12.1. The first-order valence-corrected chi connectivity index (χ1v) is 14.9. The van der Waals surface area contributed by atoms with E-state index in [2.05, 4.69) is 30.7 Å². The SMILES string of the molecule is C=C(NC(/C(C)=C(C)\C=C/C(=NC(=O)C1C(C(=O)O)C1(F)F)/C(C)=C/CC)=C(\C)N)OC(C)c1ccccc1C.CCCC. The third kappa shape index (κ3) is 10.6. The zero-order chi connectivity index (χ0) is 33.8. The first-order valence-electron chi connectivity index (χ1n) is 14.9. The molecule has 1 aliphatic carbocycles. The molecule has 2 rings (SSSR count). The molecule has 4 N–H and O–H groups in total. The van der Waals surface area contributed by atoms with Crippen LogP contribution in [0.15, 0.2) is 88.1 Å². The molecule has 0 bridgehead atoms. The molecule has 1 amide bonds. The fourth-order valence-corrected chi connectivity index (χ4v) is 4.30. The first kappa shape index (κ1) is 38.0. The van der Waals surface area contributed by atoms with Crippen molar-refractivity contribution >= 4 is 17.6 Å². The minimum atomic E-state index is -3.61. The maximum atomic E-state index is 13.9. The van der Waals surface area contributed by atoms with Gasteiger partial charge >= 0.3 is 5.97 Å². The van der Waals surface area contributed by atoms with Crippen LogP contribution in [0.4, 0.5) is 8.78 Å². The number of rotatable bonds is 13. The molecule has 3 atom stereocenters. The Labute approximate surface area is 261 Å². The van der Waals surface area contributed by atoms with Crippen molar-refractivity contribution in [2.24, 2.45) is 22.6 Å². The van der Waals surface area contributed by atoms with Crippen molar-refractivity contribution in [3.05, 3.63) is 94.2 Å². The number of aliphatic imine (C=N–C) groups is 1. The molecule has 9 heteroatoms. The number of benzene rings is 1. The molecule has 1 saturated carbocycles. The molecule has 0 aliphatic heterocycles. The molecule has 44 heavy (non-hydrogen) atoms. The van der Waals surface area contributed by atoms with Crippen LogP contribution in [0, 0.1) is 18.8 Å². The number of allylic oxidation sites excluding steroid dienone is 7. The van der Waals surface area contributed by atoms with Gasteiger partial charge < -0.3 is 20.9 Å². The summed E-state index contributed by atoms with van der Waals surface area (Å²) in [5.74, 6) is -10.2. The maximum Gasteiger partial charge on any atom is 0.313 e. The van der Waals surface area contributed by atoms with Gasteiger partial charge in [0, 0.05) is 5.70 Å². The number of unbranched alkanes of at least 4 members (excludes halogenated alkanes) is 1. The maximum absolute atomic E-state index is 13.9. The van der Waals surface area contributed by atoms with E-state index >= 15 is 0 Å². The lowest BCUT2D eigenvalue weighted by atomic mass is 10.0. The Balaban J connectivity index is 0.00000227. The molecule has 1 aliphatic rings. The van der Waals surface area contributed by atoms with Gasteiger partial charge in [0.05, 0.1) is 11.4 Å². The normalized spacial score (nSPS) is 19.6. The third-order valence-corrected chi connectivity index (χ3v) is 7.29. The molecule has 0 aromatic heterocycles.